The van der Waals surface area contributed by atoms with E-state index in [4.69, 9.17) is 0 Å². The van der Waals surface area contributed by atoms with Gasteiger partial charge in [-0.3, -0.25) is 14.6 Å². The van der Waals surface area contributed by atoms with Gasteiger partial charge in [0, 0.05) is 44.5 Å². The van der Waals surface area contributed by atoms with E-state index in [0.717, 1.165) is 24.4 Å². The summed E-state index contributed by atoms with van der Waals surface area (Å²) in [7, 11) is 0. The summed E-state index contributed by atoms with van der Waals surface area (Å²) in [5.41, 5.74) is 0.0733. The van der Waals surface area contributed by atoms with E-state index in [1.165, 1.54) is 6.92 Å². The van der Waals surface area contributed by atoms with Gasteiger partial charge in [-0.05, 0) is 38.8 Å². The van der Waals surface area contributed by atoms with Crippen LogP contribution in [0.15, 0.2) is 36.8 Å². The molecule has 1 atom stereocenters. The van der Waals surface area contributed by atoms with E-state index >= 15 is 0 Å². The minimum Gasteiger partial charge on any atom is -0.342 e. The van der Waals surface area contributed by atoms with Crippen molar-refractivity contribution in [3.63, 3.8) is 0 Å². The van der Waals surface area contributed by atoms with E-state index in [9.17, 15) is 9.59 Å². The van der Waals surface area contributed by atoms with Gasteiger partial charge in [0.25, 0.3) is 0 Å². The number of carbonyl (C=O) groups excluding carboxylic acids is 2. The molecule has 3 rings (SSSR count). The molecule has 7 heteroatoms. The second-order valence-electron chi connectivity index (χ2n) is 7.63. The van der Waals surface area contributed by atoms with Crippen LogP contribution in [-0.2, 0) is 16.1 Å². The summed E-state index contributed by atoms with van der Waals surface area (Å²) in [6, 6.07) is 5.88. The third kappa shape index (κ3) is 4.53. The minimum absolute atomic E-state index is 0.0507. The Kier molecular flexibility index (Phi) is 5.58. The van der Waals surface area contributed by atoms with E-state index in [1.807, 2.05) is 29.3 Å². The second kappa shape index (κ2) is 7.90. The Morgan fingerprint density at radius 2 is 2.07 bits per heavy atom. The van der Waals surface area contributed by atoms with Crippen molar-refractivity contribution >= 4 is 11.8 Å². The fraction of sp³-hybridized carbons (Fsp3) is 0.500. The predicted octanol–water partition coefficient (Wildman–Crippen LogP) is 1.95. The van der Waals surface area contributed by atoms with Gasteiger partial charge in [-0.2, -0.15) is 0 Å². The highest BCUT2D eigenvalue weighted by atomic mass is 16.2. The molecule has 0 bridgehead atoms. The number of hydrogen-bond acceptors (Lipinski definition) is 4. The molecule has 1 N–H and O–H groups in total. The molecule has 0 radical (unpaired) electrons. The van der Waals surface area contributed by atoms with E-state index in [2.05, 4.69) is 19.9 Å². The molecule has 1 saturated heterocycles. The molecule has 27 heavy (non-hydrogen) atoms. The topological polar surface area (TPSA) is 80.1 Å². The maximum Gasteiger partial charge on any atom is 0.247 e. The molecule has 2 aromatic rings. The first-order chi connectivity index (χ1) is 12.9. The van der Waals surface area contributed by atoms with Crippen molar-refractivity contribution in [2.45, 2.75) is 51.6 Å². The van der Waals surface area contributed by atoms with Crippen LogP contribution in [0.25, 0.3) is 0 Å². The molecule has 0 aliphatic carbocycles. The molecule has 2 aromatic heterocycles. The van der Waals surface area contributed by atoms with Gasteiger partial charge in [-0.15, -0.1) is 0 Å². The molecule has 1 aliphatic heterocycles. The number of hydrogen-bond donors (Lipinski definition) is 1. The molecule has 3 heterocycles. The first kappa shape index (κ1) is 19.1. The monoisotopic (exact) mass is 369 g/mol. The summed E-state index contributed by atoms with van der Waals surface area (Å²) in [6.45, 7) is 6.92. The van der Waals surface area contributed by atoms with Gasteiger partial charge in [-0.25, -0.2) is 4.98 Å². The molecule has 7 nitrogen and oxygen atoms in total. The number of piperidine rings is 1. The van der Waals surface area contributed by atoms with Crippen molar-refractivity contribution in [2.75, 3.05) is 13.1 Å². The average Bonchev–Trinajstić information content (AvgIpc) is 3.09. The van der Waals surface area contributed by atoms with Crippen LogP contribution >= 0.6 is 0 Å². The lowest BCUT2D eigenvalue weighted by molar-refractivity contribution is -0.141. The van der Waals surface area contributed by atoms with Crippen molar-refractivity contribution in [1.82, 2.24) is 24.8 Å². The highest BCUT2D eigenvalue weighted by Gasteiger charge is 2.36. The molecule has 1 aliphatic rings. The van der Waals surface area contributed by atoms with E-state index in [0.29, 0.717) is 19.6 Å². The summed E-state index contributed by atoms with van der Waals surface area (Å²) in [6.07, 6.45) is 7.47. The minimum atomic E-state index is -0.906. The quantitative estimate of drug-likeness (QED) is 0.874. The highest BCUT2D eigenvalue weighted by molar-refractivity contribution is 5.90. The smallest absolute Gasteiger partial charge is 0.247 e. The first-order valence-corrected chi connectivity index (χ1v) is 9.36. The summed E-state index contributed by atoms with van der Waals surface area (Å²) in [5, 5.41) is 2.75. The Balaban J connectivity index is 1.73. The molecule has 0 spiro atoms. The Morgan fingerprint density at radius 3 is 2.78 bits per heavy atom. The number of nitrogens with one attached hydrogen (secondary N) is 1. The number of nitrogens with zero attached hydrogens (tertiary/aromatic N) is 4. The van der Waals surface area contributed by atoms with Gasteiger partial charge in [0.15, 0.2) is 0 Å². The van der Waals surface area contributed by atoms with Crippen LogP contribution in [0, 0.1) is 0 Å². The number of carbonyl (C=O) groups is 2. The zero-order valence-corrected chi connectivity index (χ0v) is 16.2. The normalized spacial score (nSPS) is 17.6. The fourth-order valence-electron chi connectivity index (χ4n) is 3.74. The predicted molar refractivity (Wildman–Crippen MR) is 102 cm³/mol. The maximum absolute atomic E-state index is 12.9. The Morgan fingerprint density at radius 1 is 1.26 bits per heavy atom. The zero-order chi connectivity index (χ0) is 19.4. The van der Waals surface area contributed by atoms with Crippen molar-refractivity contribution < 1.29 is 9.59 Å². The van der Waals surface area contributed by atoms with Gasteiger partial charge < -0.3 is 14.8 Å². The van der Waals surface area contributed by atoms with Gasteiger partial charge in [0.2, 0.25) is 11.8 Å². The lowest BCUT2D eigenvalue weighted by Gasteiger charge is -2.37. The van der Waals surface area contributed by atoms with E-state index in [1.54, 1.807) is 26.2 Å². The van der Waals surface area contributed by atoms with Crippen molar-refractivity contribution in [2.24, 2.45) is 0 Å². The fourth-order valence-corrected chi connectivity index (χ4v) is 3.74. The summed E-state index contributed by atoms with van der Waals surface area (Å²) in [5.74, 6) is 0.906. The van der Waals surface area contributed by atoms with Gasteiger partial charge in [0.1, 0.15) is 11.4 Å². The first-order valence-electron chi connectivity index (χ1n) is 9.36. The van der Waals surface area contributed by atoms with Crippen molar-refractivity contribution in [3.8, 4) is 0 Å². The molecule has 0 unspecified atom stereocenters. The SMILES string of the molecule is CC(=O)NC(C)(C)C(=O)N1CCC[C@H](c2nccn2Cc2ccccn2)C1. The summed E-state index contributed by atoms with van der Waals surface area (Å²) >= 11 is 0. The van der Waals surface area contributed by atoms with Crippen LogP contribution in [0.4, 0.5) is 0 Å². The number of likely N-dealkylation sites (tertiary alicyclic amines) is 1. The lowest BCUT2D eigenvalue weighted by Crippen LogP contribution is -2.57. The Labute approximate surface area is 159 Å². The van der Waals surface area contributed by atoms with Gasteiger partial charge >= 0.3 is 0 Å². The summed E-state index contributed by atoms with van der Waals surface area (Å²) in [4.78, 5) is 35.1. The number of pyridine rings is 1. The average molecular weight is 369 g/mol. The third-order valence-corrected chi connectivity index (χ3v) is 4.90. The zero-order valence-electron chi connectivity index (χ0n) is 16.2. The molecule has 1 fully saturated rings. The molecule has 0 saturated carbocycles. The number of imidazole rings is 1. The van der Waals surface area contributed by atoms with Crippen LogP contribution in [0.5, 0.6) is 0 Å². The molecular formula is C20H27N5O2. The standard InChI is InChI=1S/C20H27N5O2/c1-15(26)23-20(2,3)19(27)25-11-6-7-16(13-25)18-22-10-12-24(18)14-17-8-4-5-9-21-17/h4-5,8-10,12,16H,6-7,11,13-14H2,1-3H3,(H,23,26)/t16-/m0/s1. The number of amides is 2. The second-order valence-corrected chi connectivity index (χ2v) is 7.63. The Bertz CT molecular complexity index is 800. The maximum atomic E-state index is 12.9. The van der Waals surface area contributed by atoms with Crippen LogP contribution in [-0.4, -0.2) is 49.9 Å². The van der Waals surface area contributed by atoms with E-state index in [-0.39, 0.29) is 17.7 Å². The van der Waals surface area contributed by atoms with Crippen LogP contribution in [0.2, 0.25) is 0 Å². The van der Waals surface area contributed by atoms with Gasteiger partial charge in [-0.1, -0.05) is 6.07 Å². The van der Waals surface area contributed by atoms with Crippen LogP contribution in [0.3, 0.4) is 0 Å². The molecular weight excluding hydrogens is 342 g/mol. The molecule has 2 amide bonds. The van der Waals surface area contributed by atoms with Crippen LogP contribution < -0.4 is 5.32 Å². The van der Waals surface area contributed by atoms with Gasteiger partial charge in [0.05, 0.1) is 12.2 Å². The highest BCUT2D eigenvalue weighted by Crippen LogP contribution is 2.27. The van der Waals surface area contributed by atoms with Crippen molar-refractivity contribution in [1.29, 1.82) is 0 Å². The molecule has 0 aromatic carbocycles. The number of aromatic nitrogens is 3. The van der Waals surface area contributed by atoms with E-state index < -0.39 is 5.54 Å². The van der Waals surface area contributed by atoms with Crippen molar-refractivity contribution in [3.05, 3.63) is 48.3 Å². The molecule has 144 valence electrons. The largest absolute Gasteiger partial charge is 0.342 e. The lowest BCUT2D eigenvalue weighted by atomic mass is 9.94. The third-order valence-electron chi connectivity index (χ3n) is 4.90. The summed E-state index contributed by atoms with van der Waals surface area (Å²) < 4.78 is 2.11. The Hall–Kier alpha value is -2.70. The van der Waals surface area contributed by atoms with Crippen LogP contribution in [0.1, 0.15) is 51.0 Å². The number of rotatable bonds is 5.